The van der Waals surface area contributed by atoms with Gasteiger partial charge in [0.2, 0.25) is 5.69 Å². The summed E-state index contributed by atoms with van der Waals surface area (Å²) >= 11 is 0. The maximum Gasteiger partial charge on any atom is 0.219 e. The van der Waals surface area contributed by atoms with E-state index >= 15 is 0 Å². The number of halogens is 1. The van der Waals surface area contributed by atoms with E-state index in [1.165, 1.54) is 48.8 Å². The molecule has 0 atom stereocenters. The summed E-state index contributed by atoms with van der Waals surface area (Å²) in [7, 11) is 1.94. The summed E-state index contributed by atoms with van der Waals surface area (Å²) in [4.78, 5) is 0. The van der Waals surface area contributed by atoms with Crippen molar-refractivity contribution in [1.29, 1.82) is 5.26 Å². The molecule has 200 valence electrons. The standard InChI is InChI=1S/C36H34FN2O/c1-21-12-14-29-30-15-13-24(19-38)34(36(30)40-35(29)33(21)32-18-31(37)22(2)20-39(32)3)28-17-16-25(23-8-5-4-6-9-23)26-10-7-11-27(26)28/h12-18,20,23H,4-11H2,1-3H3/q+1. The van der Waals surface area contributed by atoms with E-state index in [1.807, 2.05) is 36.9 Å². The summed E-state index contributed by atoms with van der Waals surface area (Å²) in [6.45, 7) is 3.82. The zero-order chi connectivity index (χ0) is 27.5. The number of nitrogens with zero attached hydrogens (tertiary/aromatic N) is 2. The third-order valence-electron chi connectivity index (χ3n) is 9.44. The van der Waals surface area contributed by atoms with Gasteiger partial charge in [-0.3, -0.25) is 0 Å². The van der Waals surface area contributed by atoms with Gasteiger partial charge >= 0.3 is 0 Å². The molecule has 2 aromatic heterocycles. The molecule has 4 heteroatoms. The van der Waals surface area contributed by atoms with Crippen LogP contribution >= 0.6 is 0 Å². The van der Waals surface area contributed by atoms with Gasteiger partial charge in [-0.2, -0.15) is 5.26 Å². The van der Waals surface area contributed by atoms with Crippen LogP contribution in [0.15, 0.2) is 53.1 Å². The molecule has 2 aliphatic carbocycles. The molecule has 0 spiro atoms. The van der Waals surface area contributed by atoms with E-state index in [0.717, 1.165) is 69.1 Å². The zero-order valence-electron chi connectivity index (χ0n) is 23.5. The lowest BCUT2D eigenvalue weighted by molar-refractivity contribution is -0.661. The minimum atomic E-state index is -0.235. The molecule has 3 aromatic carbocycles. The van der Waals surface area contributed by atoms with Crippen molar-refractivity contribution in [3.63, 3.8) is 0 Å². The van der Waals surface area contributed by atoms with Crippen molar-refractivity contribution in [3.05, 3.63) is 87.9 Å². The van der Waals surface area contributed by atoms with Crippen LogP contribution in [0.4, 0.5) is 4.39 Å². The lowest BCUT2D eigenvalue weighted by atomic mass is 9.80. The number of aryl methyl sites for hydroxylation is 3. The average Bonchev–Trinajstić information content (AvgIpc) is 3.60. The number of nitriles is 1. The van der Waals surface area contributed by atoms with Crippen LogP contribution in [0.3, 0.4) is 0 Å². The smallest absolute Gasteiger partial charge is 0.219 e. The van der Waals surface area contributed by atoms with E-state index in [0.29, 0.717) is 17.0 Å². The molecule has 0 unspecified atom stereocenters. The lowest BCUT2D eigenvalue weighted by Crippen LogP contribution is -2.31. The molecule has 0 bridgehead atoms. The maximum atomic E-state index is 14.8. The monoisotopic (exact) mass is 529 g/mol. The highest BCUT2D eigenvalue weighted by atomic mass is 19.1. The van der Waals surface area contributed by atoms with Gasteiger partial charge in [-0.05, 0) is 91.8 Å². The van der Waals surface area contributed by atoms with E-state index in [1.54, 1.807) is 13.0 Å². The highest BCUT2D eigenvalue weighted by Crippen LogP contribution is 2.46. The summed E-state index contributed by atoms with van der Waals surface area (Å²) in [5, 5.41) is 12.2. The second-order valence-corrected chi connectivity index (χ2v) is 11.9. The Balaban J connectivity index is 1.50. The average molecular weight is 530 g/mol. The Labute approximate surface area is 234 Å². The number of benzene rings is 3. The molecule has 3 nitrogen and oxygen atoms in total. The SMILES string of the molecule is Cc1c[n+](C)c(-c2c(C)ccc3c2oc2c(-c4ccc(C5CCCCC5)c5c4CCC5)c(C#N)ccc23)cc1F. The Morgan fingerprint density at radius 2 is 1.57 bits per heavy atom. The zero-order valence-corrected chi connectivity index (χ0v) is 23.5. The van der Waals surface area contributed by atoms with Gasteiger partial charge in [0.05, 0.1) is 17.2 Å². The van der Waals surface area contributed by atoms with E-state index in [9.17, 15) is 9.65 Å². The molecule has 1 saturated carbocycles. The normalized spacial score (nSPS) is 15.6. The number of hydrogen-bond acceptors (Lipinski definition) is 2. The molecule has 0 saturated heterocycles. The summed E-state index contributed by atoms with van der Waals surface area (Å²) in [6, 6.07) is 16.8. The summed E-state index contributed by atoms with van der Waals surface area (Å²) in [6.07, 6.45) is 11.7. The van der Waals surface area contributed by atoms with Crippen LogP contribution in [0, 0.1) is 31.0 Å². The van der Waals surface area contributed by atoms with Gasteiger partial charge in [0.25, 0.3) is 0 Å². The van der Waals surface area contributed by atoms with Crippen molar-refractivity contribution in [2.45, 2.75) is 71.1 Å². The minimum Gasteiger partial charge on any atom is -0.454 e. The number of rotatable bonds is 3. The molecule has 0 radical (unpaired) electrons. The Kier molecular flexibility index (Phi) is 6.00. The molecule has 0 N–H and O–H groups in total. The van der Waals surface area contributed by atoms with Crippen molar-refractivity contribution in [2.24, 2.45) is 7.05 Å². The van der Waals surface area contributed by atoms with Crippen LogP contribution < -0.4 is 4.57 Å². The largest absolute Gasteiger partial charge is 0.454 e. The molecule has 1 fully saturated rings. The van der Waals surface area contributed by atoms with Gasteiger partial charge in [0.1, 0.15) is 24.0 Å². The second kappa shape index (κ2) is 9.59. The third-order valence-corrected chi connectivity index (χ3v) is 9.44. The number of hydrogen-bond donors (Lipinski definition) is 0. The molecule has 5 aromatic rings. The van der Waals surface area contributed by atoms with Crippen LogP contribution in [0.25, 0.3) is 44.3 Å². The Hall–Kier alpha value is -3.97. The number of aromatic nitrogens is 1. The van der Waals surface area contributed by atoms with Gasteiger partial charge in [0, 0.05) is 28.0 Å². The van der Waals surface area contributed by atoms with Crippen LogP contribution in [-0.4, -0.2) is 0 Å². The fourth-order valence-electron chi connectivity index (χ4n) is 7.45. The molecule has 0 aliphatic heterocycles. The molecule has 0 amide bonds. The first-order valence-corrected chi connectivity index (χ1v) is 14.7. The van der Waals surface area contributed by atoms with Crippen LogP contribution in [0.2, 0.25) is 0 Å². The van der Waals surface area contributed by atoms with E-state index in [2.05, 4.69) is 30.3 Å². The third kappa shape index (κ3) is 3.79. The van der Waals surface area contributed by atoms with Crippen LogP contribution in [-0.2, 0) is 19.9 Å². The van der Waals surface area contributed by atoms with Gasteiger partial charge in [-0.15, -0.1) is 0 Å². The van der Waals surface area contributed by atoms with Crippen molar-refractivity contribution < 1.29 is 13.4 Å². The highest BCUT2D eigenvalue weighted by Gasteiger charge is 2.28. The fourth-order valence-corrected chi connectivity index (χ4v) is 7.45. The quantitative estimate of drug-likeness (QED) is 0.219. The maximum absolute atomic E-state index is 14.8. The van der Waals surface area contributed by atoms with E-state index in [-0.39, 0.29) is 5.82 Å². The van der Waals surface area contributed by atoms with Crippen molar-refractivity contribution in [3.8, 4) is 28.5 Å². The highest BCUT2D eigenvalue weighted by molar-refractivity contribution is 6.14. The first kappa shape index (κ1) is 25.0. The minimum absolute atomic E-state index is 0.235. The number of furan rings is 1. The molecular weight excluding hydrogens is 495 g/mol. The van der Waals surface area contributed by atoms with E-state index in [4.69, 9.17) is 4.42 Å². The molecular formula is C36H34FN2O+. The van der Waals surface area contributed by atoms with Gasteiger partial charge < -0.3 is 4.42 Å². The summed E-state index contributed by atoms with van der Waals surface area (Å²) in [5.41, 5.74) is 11.9. The Bertz CT molecular complexity index is 1870. The second-order valence-electron chi connectivity index (χ2n) is 11.9. The fraction of sp³-hybridized carbons (Fsp3) is 0.333. The first-order valence-electron chi connectivity index (χ1n) is 14.7. The van der Waals surface area contributed by atoms with Crippen LogP contribution in [0.5, 0.6) is 0 Å². The predicted octanol–water partition coefficient (Wildman–Crippen LogP) is 8.91. The van der Waals surface area contributed by atoms with Crippen LogP contribution in [0.1, 0.15) is 77.8 Å². The summed E-state index contributed by atoms with van der Waals surface area (Å²) < 4.78 is 23.5. The number of pyridine rings is 1. The van der Waals surface area contributed by atoms with Crippen molar-refractivity contribution in [2.75, 3.05) is 0 Å². The van der Waals surface area contributed by atoms with Gasteiger partial charge in [-0.1, -0.05) is 43.5 Å². The number of fused-ring (bicyclic) bond motifs is 4. The lowest BCUT2D eigenvalue weighted by Gasteiger charge is -2.25. The van der Waals surface area contributed by atoms with E-state index < -0.39 is 0 Å². The first-order chi connectivity index (χ1) is 19.5. The molecule has 2 aliphatic rings. The topological polar surface area (TPSA) is 40.8 Å². The molecule has 40 heavy (non-hydrogen) atoms. The molecule has 2 heterocycles. The van der Waals surface area contributed by atoms with Gasteiger partial charge in [-0.25, -0.2) is 8.96 Å². The van der Waals surface area contributed by atoms with Gasteiger partial charge in [0.15, 0.2) is 6.20 Å². The molecule has 7 rings (SSSR count). The predicted molar refractivity (Wildman–Crippen MR) is 158 cm³/mol. The Morgan fingerprint density at radius 3 is 2.35 bits per heavy atom. The summed E-state index contributed by atoms with van der Waals surface area (Å²) in [5.74, 6) is 0.426. The Morgan fingerprint density at radius 1 is 0.850 bits per heavy atom. The van der Waals surface area contributed by atoms with Crippen molar-refractivity contribution >= 4 is 21.9 Å². The van der Waals surface area contributed by atoms with Crippen molar-refractivity contribution in [1.82, 2.24) is 0 Å².